The second kappa shape index (κ2) is 7.90. The van der Waals surface area contributed by atoms with Crippen molar-refractivity contribution >= 4 is 11.7 Å². The third-order valence-electron chi connectivity index (χ3n) is 10.1. The van der Waals surface area contributed by atoms with Crippen LogP contribution in [0, 0.1) is 11.8 Å². The molecule has 7 heteroatoms. The Hall–Kier alpha value is -3.19. The standard InChI is InChI=1S/C30H34N2O5/c1-6-16-15-32-21-13-18(16)25-22(32)14-30(19-9-7-8-10-20(19)31(2)27(21)30)28(25)37-29(33)17-11-23(34-3)26(36-5)24(12-17)35-4/h6-12,18,21-22,25,27-28H,13-15H2,1-5H3/t18-,21-,22-,25-,27+,28-,30+/m0/s1. The van der Waals surface area contributed by atoms with Gasteiger partial charge in [-0.25, -0.2) is 4.79 Å². The number of carbonyl (C=O) groups excluding carboxylic acids is 1. The number of allylic oxidation sites excluding steroid dienone is 1. The Morgan fingerprint density at radius 2 is 1.78 bits per heavy atom. The van der Waals surface area contributed by atoms with Crippen LogP contribution >= 0.6 is 0 Å². The topological polar surface area (TPSA) is 60.5 Å². The highest BCUT2D eigenvalue weighted by atomic mass is 16.5. The first-order valence-corrected chi connectivity index (χ1v) is 13.2. The van der Waals surface area contributed by atoms with Crippen molar-refractivity contribution in [3.63, 3.8) is 0 Å². The molecule has 6 bridgehead atoms. The van der Waals surface area contributed by atoms with Crippen molar-refractivity contribution in [2.75, 3.05) is 39.8 Å². The third kappa shape index (κ3) is 2.73. The van der Waals surface area contributed by atoms with Gasteiger partial charge >= 0.3 is 5.97 Å². The molecule has 1 aliphatic carbocycles. The summed E-state index contributed by atoms with van der Waals surface area (Å²) in [7, 11) is 6.91. The lowest BCUT2D eigenvalue weighted by Crippen LogP contribution is -2.68. The van der Waals surface area contributed by atoms with Crippen molar-refractivity contribution in [3.05, 3.63) is 59.2 Å². The number of hydrogen-bond donors (Lipinski definition) is 0. The van der Waals surface area contributed by atoms with Gasteiger partial charge in [0.2, 0.25) is 5.75 Å². The summed E-state index contributed by atoms with van der Waals surface area (Å²) in [4.78, 5) is 19.1. The van der Waals surface area contributed by atoms with Gasteiger partial charge in [-0.15, -0.1) is 0 Å². The lowest BCUT2D eigenvalue weighted by Gasteiger charge is -2.58. The molecule has 6 aliphatic rings. The molecule has 1 saturated carbocycles. The van der Waals surface area contributed by atoms with E-state index in [0.717, 1.165) is 19.4 Å². The van der Waals surface area contributed by atoms with Crippen molar-refractivity contribution in [3.8, 4) is 17.2 Å². The molecule has 4 saturated heterocycles. The predicted octanol–water partition coefficient (Wildman–Crippen LogP) is 4.05. The summed E-state index contributed by atoms with van der Waals surface area (Å²) >= 11 is 0. The lowest BCUT2D eigenvalue weighted by atomic mass is 9.65. The molecule has 7 nitrogen and oxygen atoms in total. The number of para-hydroxylation sites is 1. The number of carbonyl (C=O) groups is 1. The third-order valence-corrected chi connectivity index (χ3v) is 10.1. The van der Waals surface area contributed by atoms with Gasteiger partial charge < -0.3 is 23.8 Å². The normalized spacial score (nSPS) is 36.9. The minimum Gasteiger partial charge on any atom is -0.493 e. The van der Waals surface area contributed by atoms with Crippen LogP contribution < -0.4 is 19.1 Å². The monoisotopic (exact) mass is 502 g/mol. The molecule has 194 valence electrons. The molecule has 8 rings (SSSR count). The maximum atomic E-state index is 13.9. The van der Waals surface area contributed by atoms with Crippen LogP contribution in [0.1, 0.15) is 35.7 Å². The molecule has 0 N–H and O–H groups in total. The van der Waals surface area contributed by atoms with Crippen molar-refractivity contribution in [2.24, 2.45) is 11.8 Å². The molecule has 5 heterocycles. The van der Waals surface area contributed by atoms with E-state index < -0.39 is 0 Å². The van der Waals surface area contributed by atoms with Gasteiger partial charge in [0, 0.05) is 37.3 Å². The quantitative estimate of drug-likeness (QED) is 0.452. The number of likely N-dealkylation sites (N-methyl/N-ethyl adjacent to an activating group) is 1. The summed E-state index contributed by atoms with van der Waals surface area (Å²) in [6.07, 6.45) is 4.24. The molecule has 0 radical (unpaired) electrons. The number of hydrogen-bond acceptors (Lipinski definition) is 7. The van der Waals surface area contributed by atoms with Crippen molar-refractivity contribution in [1.29, 1.82) is 0 Å². The van der Waals surface area contributed by atoms with Crippen LogP contribution in [0.3, 0.4) is 0 Å². The van der Waals surface area contributed by atoms with E-state index in [1.807, 2.05) is 0 Å². The summed E-state index contributed by atoms with van der Waals surface area (Å²) in [5.74, 6) is 1.75. The molecule has 5 aliphatic heterocycles. The van der Waals surface area contributed by atoms with Crippen LogP contribution in [0.15, 0.2) is 48.0 Å². The second-order valence-electron chi connectivity index (χ2n) is 11.1. The van der Waals surface area contributed by atoms with Gasteiger partial charge in [0.15, 0.2) is 11.5 Å². The Balaban J connectivity index is 1.35. The average Bonchev–Trinajstić information content (AvgIpc) is 3.34. The molecule has 0 aromatic heterocycles. The Bertz CT molecular complexity index is 1300. The SMILES string of the molecule is CC=C1CN2[C@H]3C[C@@]45c6ccccc6N(C)[C@@H]4[C@@H]2C[C@@H]1[C@@H]3[C@@H]5OC(=O)c1cc(OC)c(OC)c(OC)c1. The van der Waals surface area contributed by atoms with E-state index in [9.17, 15) is 4.79 Å². The number of piperidine rings is 4. The van der Waals surface area contributed by atoms with Gasteiger partial charge in [0.25, 0.3) is 0 Å². The van der Waals surface area contributed by atoms with Gasteiger partial charge in [-0.05, 0) is 49.4 Å². The van der Waals surface area contributed by atoms with Crippen molar-refractivity contribution in [1.82, 2.24) is 4.90 Å². The molecular weight excluding hydrogens is 468 g/mol. The Morgan fingerprint density at radius 3 is 2.46 bits per heavy atom. The summed E-state index contributed by atoms with van der Waals surface area (Å²) in [6.45, 7) is 3.19. The van der Waals surface area contributed by atoms with E-state index in [4.69, 9.17) is 18.9 Å². The average molecular weight is 503 g/mol. The molecule has 8 atom stereocenters. The molecule has 37 heavy (non-hydrogen) atoms. The maximum absolute atomic E-state index is 13.9. The predicted molar refractivity (Wildman–Crippen MR) is 140 cm³/mol. The number of benzene rings is 2. The fraction of sp³-hybridized carbons (Fsp3) is 0.500. The number of rotatable bonds is 5. The fourth-order valence-electron chi connectivity index (χ4n) is 8.89. The molecule has 5 fully saturated rings. The van der Waals surface area contributed by atoms with Crippen molar-refractivity contribution in [2.45, 2.75) is 49.4 Å². The zero-order chi connectivity index (χ0) is 25.6. The van der Waals surface area contributed by atoms with Crippen molar-refractivity contribution < 1.29 is 23.7 Å². The fourth-order valence-corrected chi connectivity index (χ4v) is 8.89. The number of nitrogens with zero attached hydrogens (tertiary/aromatic N) is 2. The highest BCUT2D eigenvalue weighted by Crippen LogP contribution is 2.68. The minimum atomic E-state index is -0.340. The van der Waals surface area contributed by atoms with Crippen LogP contribution in [0.4, 0.5) is 5.69 Å². The van der Waals surface area contributed by atoms with Crippen LogP contribution in [0.2, 0.25) is 0 Å². The smallest absolute Gasteiger partial charge is 0.338 e. The van der Waals surface area contributed by atoms with Crippen LogP contribution in [-0.2, 0) is 10.2 Å². The number of fused-ring (bicyclic) bond motifs is 2. The van der Waals surface area contributed by atoms with E-state index >= 15 is 0 Å². The van der Waals surface area contributed by atoms with Crippen LogP contribution in [-0.4, -0.2) is 70.0 Å². The van der Waals surface area contributed by atoms with Gasteiger partial charge in [0.1, 0.15) is 6.10 Å². The molecule has 1 unspecified atom stereocenters. The van der Waals surface area contributed by atoms with Crippen LogP contribution in [0.25, 0.3) is 0 Å². The first-order chi connectivity index (χ1) is 18.0. The first kappa shape index (κ1) is 23.0. The Kier molecular flexibility index (Phi) is 4.91. The second-order valence-corrected chi connectivity index (χ2v) is 11.1. The number of esters is 1. The highest BCUT2D eigenvalue weighted by molar-refractivity contribution is 5.91. The maximum Gasteiger partial charge on any atom is 0.338 e. The molecule has 1 spiro atoms. The molecule has 2 aromatic rings. The van der Waals surface area contributed by atoms with Gasteiger partial charge in [-0.2, -0.15) is 0 Å². The highest BCUT2D eigenvalue weighted by Gasteiger charge is 2.75. The Labute approximate surface area is 217 Å². The minimum absolute atomic E-state index is 0.212. The largest absolute Gasteiger partial charge is 0.493 e. The van der Waals surface area contributed by atoms with Gasteiger partial charge in [-0.1, -0.05) is 29.8 Å². The summed E-state index contributed by atoms with van der Waals surface area (Å²) in [5.41, 5.74) is 4.31. The number of anilines is 1. The summed E-state index contributed by atoms with van der Waals surface area (Å²) < 4.78 is 23.2. The van der Waals surface area contributed by atoms with E-state index in [0.29, 0.717) is 40.8 Å². The number of methoxy groups -OCH3 is 3. The van der Waals surface area contributed by atoms with E-state index in [1.54, 1.807) is 33.5 Å². The number of ether oxygens (including phenoxy) is 4. The molecule has 2 aromatic carbocycles. The first-order valence-electron chi connectivity index (χ1n) is 13.2. The zero-order valence-electron chi connectivity index (χ0n) is 22.1. The molecule has 0 amide bonds. The van der Waals surface area contributed by atoms with Gasteiger partial charge in [-0.3, -0.25) is 4.90 Å². The van der Waals surface area contributed by atoms with E-state index in [-0.39, 0.29) is 29.4 Å². The van der Waals surface area contributed by atoms with Crippen LogP contribution in [0.5, 0.6) is 17.2 Å². The summed E-state index contributed by atoms with van der Waals surface area (Å²) in [5, 5.41) is 0. The Morgan fingerprint density at radius 1 is 1.05 bits per heavy atom. The lowest BCUT2D eigenvalue weighted by molar-refractivity contribution is -0.0390. The van der Waals surface area contributed by atoms with E-state index in [1.165, 1.54) is 16.8 Å². The van der Waals surface area contributed by atoms with E-state index in [2.05, 4.69) is 54.1 Å². The molecular formula is C30H34N2O5. The summed E-state index contributed by atoms with van der Waals surface area (Å²) in [6, 6.07) is 13.3. The zero-order valence-corrected chi connectivity index (χ0v) is 22.1. The van der Waals surface area contributed by atoms with Gasteiger partial charge in [0.05, 0.1) is 38.3 Å².